The topological polar surface area (TPSA) is 65.1 Å². The second-order valence-corrected chi connectivity index (χ2v) is 6.00. The molecule has 0 saturated carbocycles. The lowest BCUT2D eigenvalue weighted by Gasteiger charge is -2.07. The molecule has 1 aromatic heterocycles. The van der Waals surface area contributed by atoms with Crippen LogP contribution in [0.25, 0.3) is 10.9 Å². The second-order valence-electron chi connectivity index (χ2n) is 4.47. The minimum atomic E-state index is -4.22. The fourth-order valence-corrected chi connectivity index (χ4v) is 2.83. The maximum Gasteiger partial charge on any atom is 0.389 e. The van der Waals surface area contributed by atoms with E-state index in [1.807, 2.05) is 0 Å². The van der Waals surface area contributed by atoms with E-state index in [4.69, 9.17) is 5.14 Å². The van der Waals surface area contributed by atoms with Crippen LogP contribution in [0.15, 0.2) is 35.4 Å². The van der Waals surface area contributed by atoms with E-state index in [-0.39, 0.29) is 17.9 Å². The highest BCUT2D eigenvalue weighted by molar-refractivity contribution is 7.89. The lowest BCUT2D eigenvalue weighted by atomic mass is 10.2. The maximum atomic E-state index is 12.1. The number of rotatable bonds is 4. The highest BCUT2D eigenvalue weighted by Gasteiger charge is 2.26. The van der Waals surface area contributed by atoms with Gasteiger partial charge in [-0.05, 0) is 12.5 Å². The first-order valence-electron chi connectivity index (χ1n) is 5.86. The molecular weight excluding hydrogens is 293 g/mol. The van der Waals surface area contributed by atoms with Crippen LogP contribution < -0.4 is 5.14 Å². The Hall–Kier alpha value is -1.54. The average Bonchev–Trinajstić information content (AvgIpc) is 2.67. The molecule has 1 heterocycles. The summed E-state index contributed by atoms with van der Waals surface area (Å²) >= 11 is 0. The molecule has 0 atom stereocenters. The molecule has 0 amide bonds. The van der Waals surface area contributed by atoms with Gasteiger partial charge in [0.25, 0.3) is 0 Å². The van der Waals surface area contributed by atoms with E-state index < -0.39 is 22.6 Å². The van der Waals surface area contributed by atoms with Crippen molar-refractivity contribution in [3.8, 4) is 0 Å². The Bertz CT molecular complexity index is 720. The third kappa shape index (κ3) is 3.31. The molecule has 0 aliphatic carbocycles. The monoisotopic (exact) mass is 306 g/mol. The number of aryl methyl sites for hydroxylation is 1. The van der Waals surface area contributed by atoms with Crippen LogP contribution in [0.5, 0.6) is 0 Å². The van der Waals surface area contributed by atoms with E-state index in [1.54, 1.807) is 24.3 Å². The first-order valence-corrected chi connectivity index (χ1v) is 7.40. The largest absolute Gasteiger partial charge is 0.389 e. The van der Waals surface area contributed by atoms with Crippen molar-refractivity contribution in [2.45, 2.75) is 30.5 Å². The van der Waals surface area contributed by atoms with E-state index in [0.717, 1.165) is 0 Å². The zero-order valence-corrected chi connectivity index (χ0v) is 11.2. The summed E-state index contributed by atoms with van der Waals surface area (Å²) in [7, 11) is -3.91. The molecule has 20 heavy (non-hydrogen) atoms. The predicted molar refractivity (Wildman–Crippen MR) is 68.6 cm³/mol. The molecule has 2 N–H and O–H groups in total. The van der Waals surface area contributed by atoms with Gasteiger partial charge in [-0.2, -0.15) is 13.2 Å². The molecule has 8 heteroatoms. The summed E-state index contributed by atoms with van der Waals surface area (Å²) in [6.07, 6.45) is -3.96. The smallest absolute Gasteiger partial charge is 0.346 e. The maximum absolute atomic E-state index is 12.1. The summed E-state index contributed by atoms with van der Waals surface area (Å²) in [5, 5.41) is 5.53. The van der Waals surface area contributed by atoms with Crippen LogP contribution in [-0.2, 0) is 16.6 Å². The zero-order chi connectivity index (χ0) is 15.0. The van der Waals surface area contributed by atoms with Gasteiger partial charge in [0.05, 0.1) is 0 Å². The van der Waals surface area contributed by atoms with Crippen molar-refractivity contribution in [1.29, 1.82) is 0 Å². The van der Waals surface area contributed by atoms with Gasteiger partial charge in [0.2, 0.25) is 10.0 Å². The molecule has 110 valence electrons. The van der Waals surface area contributed by atoms with Crippen molar-refractivity contribution in [3.05, 3.63) is 30.5 Å². The summed E-state index contributed by atoms with van der Waals surface area (Å²) < 4.78 is 60.9. The van der Waals surface area contributed by atoms with E-state index in [9.17, 15) is 21.6 Å². The molecule has 0 aliphatic heterocycles. The Morgan fingerprint density at radius 2 is 1.85 bits per heavy atom. The Balaban J connectivity index is 2.35. The van der Waals surface area contributed by atoms with Crippen LogP contribution in [0.2, 0.25) is 0 Å². The summed E-state index contributed by atoms with van der Waals surface area (Å²) in [4.78, 5) is -0.0693. The van der Waals surface area contributed by atoms with Crippen molar-refractivity contribution >= 4 is 20.9 Å². The number of hydrogen-bond acceptors (Lipinski definition) is 2. The van der Waals surface area contributed by atoms with E-state index in [1.165, 1.54) is 10.8 Å². The minimum Gasteiger partial charge on any atom is -0.346 e. The number of sulfonamides is 1. The van der Waals surface area contributed by atoms with Crippen LogP contribution >= 0.6 is 0 Å². The molecule has 0 aliphatic rings. The number of alkyl halides is 3. The van der Waals surface area contributed by atoms with Crippen molar-refractivity contribution in [1.82, 2.24) is 4.57 Å². The Kier molecular flexibility index (Phi) is 3.79. The van der Waals surface area contributed by atoms with Gasteiger partial charge in [-0.3, -0.25) is 0 Å². The van der Waals surface area contributed by atoms with Gasteiger partial charge in [-0.25, -0.2) is 13.6 Å². The fourth-order valence-electron chi connectivity index (χ4n) is 2.07. The van der Waals surface area contributed by atoms with Gasteiger partial charge >= 0.3 is 6.18 Å². The second kappa shape index (κ2) is 5.10. The Morgan fingerprint density at radius 1 is 1.20 bits per heavy atom. The van der Waals surface area contributed by atoms with Gasteiger partial charge in [-0.15, -0.1) is 0 Å². The van der Waals surface area contributed by atoms with Crippen LogP contribution in [0.1, 0.15) is 12.8 Å². The van der Waals surface area contributed by atoms with Crippen LogP contribution in [0, 0.1) is 0 Å². The third-order valence-corrected chi connectivity index (χ3v) is 3.86. The standard InChI is InChI=1S/C12H13F3N2O2S/c13-12(14,15)6-3-7-17-8-11(20(16,18)19)9-4-1-2-5-10(9)17/h1-2,4-5,8H,3,6-7H2,(H2,16,18,19). The molecule has 2 aromatic rings. The van der Waals surface area contributed by atoms with E-state index >= 15 is 0 Å². The quantitative estimate of drug-likeness (QED) is 0.943. The molecule has 4 nitrogen and oxygen atoms in total. The van der Waals surface area contributed by atoms with Crippen LogP contribution in [0.4, 0.5) is 13.2 Å². The van der Waals surface area contributed by atoms with Crippen LogP contribution in [0.3, 0.4) is 0 Å². The number of nitrogens with zero attached hydrogens (tertiary/aromatic N) is 1. The summed E-state index contributed by atoms with van der Waals surface area (Å²) in [6.45, 7) is 0.0789. The highest BCUT2D eigenvalue weighted by Crippen LogP contribution is 2.26. The molecule has 0 unspecified atom stereocenters. The SMILES string of the molecule is NS(=O)(=O)c1cn(CCCC(F)(F)F)c2ccccc12. The molecule has 0 bridgehead atoms. The van der Waals surface area contributed by atoms with Gasteiger partial charge in [0.15, 0.2) is 0 Å². The lowest BCUT2D eigenvalue weighted by molar-refractivity contribution is -0.135. The number of benzene rings is 1. The number of fused-ring (bicyclic) bond motifs is 1. The van der Waals surface area contributed by atoms with Crippen LogP contribution in [-0.4, -0.2) is 19.2 Å². The van der Waals surface area contributed by atoms with Gasteiger partial charge in [0.1, 0.15) is 4.90 Å². The van der Waals surface area contributed by atoms with Gasteiger partial charge in [0, 0.05) is 30.1 Å². The van der Waals surface area contributed by atoms with Crippen molar-refractivity contribution in [2.24, 2.45) is 5.14 Å². The normalized spacial score (nSPS) is 13.0. The number of halogens is 3. The first kappa shape index (κ1) is 14.9. The number of aromatic nitrogens is 1. The fraction of sp³-hybridized carbons (Fsp3) is 0.333. The lowest BCUT2D eigenvalue weighted by Crippen LogP contribution is -2.12. The summed E-state index contributed by atoms with van der Waals surface area (Å²) in [5.41, 5.74) is 0.554. The van der Waals surface area contributed by atoms with Gasteiger partial charge < -0.3 is 4.57 Å². The third-order valence-electron chi connectivity index (χ3n) is 2.92. The molecule has 1 aromatic carbocycles. The molecule has 0 saturated heterocycles. The predicted octanol–water partition coefficient (Wildman–Crippen LogP) is 2.63. The number of hydrogen-bond donors (Lipinski definition) is 1. The van der Waals surface area contributed by atoms with E-state index in [2.05, 4.69) is 0 Å². The molecule has 0 radical (unpaired) electrons. The molecule has 2 rings (SSSR count). The number of primary sulfonamides is 1. The highest BCUT2D eigenvalue weighted by atomic mass is 32.2. The summed E-state index contributed by atoms with van der Waals surface area (Å²) in [5.74, 6) is 0. The van der Waals surface area contributed by atoms with Crippen molar-refractivity contribution < 1.29 is 21.6 Å². The first-order chi connectivity index (χ1) is 9.18. The van der Waals surface area contributed by atoms with E-state index in [0.29, 0.717) is 10.9 Å². The summed E-state index contributed by atoms with van der Waals surface area (Å²) in [6, 6.07) is 6.57. The zero-order valence-electron chi connectivity index (χ0n) is 10.4. The van der Waals surface area contributed by atoms with Crippen molar-refractivity contribution in [3.63, 3.8) is 0 Å². The molecule has 0 spiro atoms. The number of nitrogens with two attached hydrogens (primary N) is 1. The van der Waals surface area contributed by atoms with Crippen molar-refractivity contribution in [2.75, 3.05) is 0 Å². The molecular formula is C12H13F3N2O2S. The minimum absolute atomic E-state index is 0.0693. The Labute approximate surface area is 114 Å². The Morgan fingerprint density at radius 3 is 2.45 bits per heavy atom. The number of para-hydroxylation sites is 1. The van der Waals surface area contributed by atoms with Gasteiger partial charge in [-0.1, -0.05) is 18.2 Å². The average molecular weight is 306 g/mol. The molecule has 0 fully saturated rings.